The first kappa shape index (κ1) is 17.7. The lowest BCUT2D eigenvalue weighted by molar-refractivity contribution is 1.59. The molecule has 29 heavy (non-hydrogen) atoms. The summed E-state index contributed by atoms with van der Waals surface area (Å²) in [5.74, 6) is 0. The topological polar surface area (TPSA) is 0 Å². The Labute approximate surface area is 176 Å². The molecule has 0 atom stereocenters. The van der Waals surface area contributed by atoms with Crippen LogP contribution in [0.25, 0.3) is 44.2 Å². The Morgan fingerprint density at radius 3 is 1.76 bits per heavy atom. The molecule has 0 bridgehead atoms. The molecule has 0 aliphatic rings. The summed E-state index contributed by atoms with van der Waals surface area (Å²) in [6.45, 7) is 0. The number of hydrogen-bond acceptors (Lipinski definition) is 0. The molecule has 0 heterocycles. The largest absolute Gasteiger partial charge is 0.0843 e. The van der Waals surface area contributed by atoms with Crippen molar-refractivity contribution < 1.29 is 0 Å². The first-order chi connectivity index (χ1) is 14.3. The van der Waals surface area contributed by atoms with Gasteiger partial charge in [0.15, 0.2) is 0 Å². The summed E-state index contributed by atoms with van der Waals surface area (Å²) in [7, 11) is 0. The lowest BCUT2D eigenvalue weighted by Gasteiger charge is -2.15. The van der Waals surface area contributed by atoms with Crippen molar-refractivity contribution in [3.05, 3.63) is 120 Å². The Bertz CT molecular complexity index is 1270. The van der Waals surface area contributed by atoms with Gasteiger partial charge in [0.1, 0.15) is 0 Å². The molecule has 0 aliphatic heterocycles. The molecule has 0 fully saturated rings. The molecule has 138 valence electrons. The molecular formula is C28H19Cl. The highest BCUT2D eigenvalue weighted by Crippen LogP contribution is 2.39. The maximum Gasteiger partial charge on any atom is 0.0406 e. The van der Waals surface area contributed by atoms with Crippen LogP contribution in [0.5, 0.6) is 0 Å². The van der Waals surface area contributed by atoms with Crippen molar-refractivity contribution in [3.63, 3.8) is 0 Å². The van der Waals surface area contributed by atoms with Crippen molar-refractivity contribution in [1.29, 1.82) is 0 Å². The molecule has 0 unspecified atom stereocenters. The zero-order chi connectivity index (χ0) is 19.6. The second-order valence-corrected chi connectivity index (χ2v) is 7.60. The molecule has 0 N–H and O–H groups in total. The third kappa shape index (κ3) is 3.44. The normalized spacial score (nSPS) is 10.9. The van der Waals surface area contributed by atoms with Gasteiger partial charge in [0.2, 0.25) is 0 Å². The molecule has 0 aliphatic carbocycles. The van der Waals surface area contributed by atoms with Gasteiger partial charge in [-0.05, 0) is 56.3 Å². The first-order valence-corrected chi connectivity index (χ1v) is 10.1. The van der Waals surface area contributed by atoms with Gasteiger partial charge in [-0.25, -0.2) is 0 Å². The van der Waals surface area contributed by atoms with Crippen LogP contribution in [-0.4, -0.2) is 0 Å². The van der Waals surface area contributed by atoms with E-state index in [4.69, 9.17) is 11.6 Å². The maximum absolute atomic E-state index is 6.13. The Morgan fingerprint density at radius 2 is 1.00 bits per heavy atom. The molecule has 0 nitrogen and oxygen atoms in total. The van der Waals surface area contributed by atoms with Gasteiger partial charge in [0, 0.05) is 5.02 Å². The van der Waals surface area contributed by atoms with E-state index in [1.54, 1.807) is 0 Å². The lowest BCUT2D eigenvalue weighted by Crippen LogP contribution is -1.88. The highest BCUT2D eigenvalue weighted by molar-refractivity contribution is 6.30. The van der Waals surface area contributed by atoms with Gasteiger partial charge < -0.3 is 0 Å². The van der Waals surface area contributed by atoms with Crippen molar-refractivity contribution in [2.45, 2.75) is 0 Å². The van der Waals surface area contributed by atoms with Gasteiger partial charge in [-0.15, -0.1) is 0 Å². The van der Waals surface area contributed by atoms with Gasteiger partial charge in [-0.1, -0.05) is 115 Å². The molecular weight excluding hydrogens is 372 g/mol. The fourth-order valence-corrected chi connectivity index (χ4v) is 4.04. The van der Waals surface area contributed by atoms with E-state index in [0.717, 1.165) is 5.02 Å². The van der Waals surface area contributed by atoms with Crippen LogP contribution in [0.4, 0.5) is 0 Å². The third-order valence-electron chi connectivity index (χ3n) is 5.36. The van der Waals surface area contributed by atoms with Gasteiger partial charge >= 0.3 is 0 Å². The Morgan fingerprint density at radius 1 is 0.414 bits per heavy atom. The van der Waals surface area contributed by atoms with Crippen molar-refractivity contribution in [1.82, 2.24) is 0 Å². The number of rotatable bonds is 3. The second kappa shape index (κ2) is 7.58. The van der Waals surface area contributed by atoms with E-state index < -0.39 is 0 Å². The van der Waals surface area contributed by atoms with Crippen molar-refractivity contribution in [3.8, 4) is 33.4 Å². The van der Waals surface area contributed by atoms with Crippen LogP contribution in [0, 0.1) is 0 Å². The molecule has 0 saturated heterocycles. The Balaban J connectivity index is 1.70. The SMILES string of the molecule is Clc1ccc(-c2ccc3ccccc3c2-c2ccc(-c3ccccc3)cc2)cc1. The minimum absolute atomic E-state index is 0.753. The van der Waals surface area contributed by atoms with Crippen LogP contribution < -0.4 is 0 Å². The maximum atomic E-state index is 6.13. The lowest BCUT2D eigenvalue weighted by atomic mass is 9.89. The number of halogens is 1. The van der Waals surface area contributed by atoms with E-state index in [1.807, 2.05) is 18.2 Å². The first-order valence-electron chi connectivity index (χ1n) is 9.73. The second-order valence-electron chi connectivity index (χ2n) is 7.16. The molecule has 0 amide bonds. The van der Waals surface area contributed by atoms with Crippen LogP contribution in [0.3, 0.4) is 0 Å². The van der Waals surface area contributed by atoms with E-state index in [1.165, 1.54) is 44.2 Å². The van der Waals surface area contributed by atoms with Crippen molar-refractivity contribution in [2.75, 3.05) is 0 Å². The fourth-order valence-electron chi connectivity index (χ4n) is 3.91. The molecule has 5 aromatic carbocycles. The number of hydrogen-bond donors (Lipinski definition) is 0. The van der Waals surface area contributed by atoms with E-state index in [9.17, 15) is 0 Å². The molecule has 0 radical (unpaired) electrons. The monoisotopic (exact) mass is 390 g/mol. The molecule has 0 spiro atoms. The minimum atomic E-state index is 0.753. The van der Waals surface area contributed by atoms with Crippen molar-refractivity contribution >= 4 is 22.4 Å². The van der Waals surface area contributed by atoms with Gasteiger partial charge in [-0.2, -0.15) is 0 Å². The number of fused-ring (bicyclic) bond motifs is 1. The highest BCUT2D eigenvalue weighted by Gasteiger charge is 2.12. The summed E-state index contributed by atoms with van der Waals surface area (Å²) in [4.78, 5) is 0. The summed E-state index contributed by atoms with van der Waals surface area (Å²) in [6.07, 6.45) is 0. The fraction of sp³-hybridized carbons (Fsp3) is 0. The Hall–Kier alpha value is -3.35. The molecule has 0 saturated carbocycles. The summed E-state index contributed by atoms with van der Waals surface area (Å²) >= 11 is 6.13. The molecule has 1 heteroatoms. The average Bonchev–Trinajstić information content (AvgIpc) is 2.80. The molecule has 0 aromatic heterocycles. The van der Waals surface area contributed by atoms with Gasteiger partial charge in [0.05, 0.1) is 0 Å². The zero-order valence-electron chi connectivity index (χ0n) is 15.8. The van der Waals surface area contributed by atoms with Crippen LogP contribution >= 0.6 is 11.6 Å². The van der Waals surface area contributed by atoms with Crippen LogP contribution in [0.2, 0.25) is 5.02 Å². The van der Waals surface area contributed by atoms with E-state index in [2.05, 4.69) is 97.1 Å². The van der Waals surface area contributed by atoms with Gasteiger partial charge in [-0.3, -0.25) is 0 Å². The highest BCUT2D eigenvalue weighted by atomic mass is 35.5. The van der Waals surface area contributed by atoms with E-state index in [0.29, 0.717) is 0 Å². The van der Waals surface area contributed by atoms with E-state index >= 15 is 0 Å². The van der Waals surface area contributed by atoms with E-state index in [-0.39, 0.29) is 0 Å². The summed E-state index contributed by atoms with van der Waals surface area (Å²) in [5.41, 5.74) is 7.31. The quantitative estimate of drug-likeness (QED) is 0.289. The predicted octanol–water partition coefficient (Wildman–Crippen LogP) is 8.49. The zero-order valence-corrected chi connectivity index (χ0v) is 16.6. The smallest absolute Gasteiger partial charge is 0.0406 e. The van der Waals surface area contributed by atoms with Crippen LogP contribution in [0.1, 0.15) is 0 Å². The standard InChI is InChI=1S/C28H19Cl/c29-25-17-14-23(15-18-25)27-19-16-22-8-4-5-9-26(22)28(27)24-12-10-21(11-13-24)20-6-2-1-3-7-20/h1-19H. The summed E-state index contributed by atoms with van der Waals surface area (Å²) in [5, 5.41) is 3.25. The van der Waals surface area contributed by atoms with Crippen LogP contribution in [0.15, 0.2) is 115 Å². The third-order valence-corrected chi connectivity index (χ3v) is 5.62. The molecule has 5 rings (SSSR count). The molecule has 5 aromatic rings. The van der Waals surface area contributed by atoms with Gasteiger partial charge in [0.25, 0.3) is 0 Å². The summed E-state index contributed by atoms with van der Waals surface area (Å²) in [6, 6.07) is 40.4. The van der Waals surface area contributed by atoms with Crippen LogP contribution in [-0.2, 0) is 0 Å². The predicted molar refractivity (Wildman–Crippen MR) is 125 cm³/mol. The average molecular weight is 391 g/mol. The minimum Gasteiger partial charge on any atom is -0.0843 e. The van der Waals surface area contributed by atoms with Crippen molar-refractivity contribution in [2.24, 2.45) is 0 Å². The Kier molecular flexibility index (Phi) is 4.63. The number of benzene rings is 5. The summed E-state index contributed by atoms with van der Waals surface area (Å²) < 4.78 is 0.